The maximum atomic E-state index is 5.18. The van der Waals surface area contributed by atoms with Crippen LogP contribution in [0.5, 0.6) is 5.75 Å². The van der Waals surface area contributed by atoms with Crippen LogP contribution in [0.25, 0.3) is 11.3 Å². The number of rotatable bonds is 3. The molecule has 1 aromatic carbocycles. The van der Waals surface area contributed by atoms with Crippen molar-refractivity contribution in [1.82, 2.24) is 4.98 Å². The Morgan fingerprint density at radius 2 is 2.00 bits per heavy atom. The molecule has 2 aromatic rings. The number of nitrogens with zero attached hydrogens (tertiary/aromatic N) is 2. The highest BCUT2D eigenvalue weighted by molar-refractivity contribution is 7.14. The van der Waals surface area contributed by atoms with Crippen molar-refractivity contribution >= 4 is 22.3 Å². The second-order valence-corrected chi connectivity index (χ2v) is 5.89. The average Bonchev–Trinajstić information content (AvgIpc) is 2.83. The number of amidine groups is 1. The first-order valence-electron chi connectivity index (χ1n) is 7.25. The smallest absolute Gasteiger partial charge is 0.188 e. The molecule has 0 saturated heterocycles. The van der Waals surface area contributed by atoms with Crippen LogP contribution in [0.2, 0.25) is 0 Å². The lowest BCUT2D eigenvalue weighted by molar-refractivity contribution is 0.415. The van der Waals surface area contributed by atoms with E-state index in [1.807, 2.05) is 24.3 Å². The van der Waals surface area contributed by atoms with Crippen molar-refractivity contribution < 1.29 is 4.74 Å². The molecule has 4 nitrogen and oxygen atoms in total. The largest absolute Gasteiger partial charge is 0.497 e. The molecular weight excluding hydrogens is 282 g/mol. The van der Waals surface area contributed by atoms with Crippen LogP contribution in [0.4, 0.5) is 5.13 Å². The zero-order valence-corrected chi connectivity index (χ0v) is 12.9. The molecular formula is C16H19N3OS. The lowest BCUT2D eigenvalue weighted by Gasteiger charge is -2.04. The van der Waals surface area contributed by atoms with Crippen LogP contribution in [0.3, 0.4) is 0 Å². The summed E-state index contributed by atoms with van der Waals surface area (Å²) in [5, 5.41) is 6.36. The highest BCUT2D eigenvalue weighted by Gasteiger charge is 2.08. The van der Waals surface area contributed by atoms with Crippen LogP contribution in [0, 0.1) is 0 Å². The lowest BCUT2D eigenvalue weighted by atomic mass is 10.2. The minimum absolute atomic E-state index is 0.861. The number of methoxy groups -OCH3 is 1. The Hall–Kier alpha value is -1.88. The summed E-state index contributed by atoms with van der Waals surface area (Å²) in [6, 6.07) is 7.97. The number of aliphatic imine (C=N–C) groups is 1. The van der Waals surface area contributed by atoms with Crippen LogP contribution in [0.1, 0.15) is 25.7 Å². The Morgan fingerprint density at radius 1 is 1.14 bits per heavy atom. The van der Waals surface area contributed by atoms with E-state index < -0.39 is 0 Å². The van der Waals surface area contributed by atoms with Crippen LogP contribution < -0.4 is 10.1 Å². The van der Waals surface area contributed by atoms with E-state index in [9.17, 15) is 0 Å². The van der Waals surface area contributed by atoms with E-state index in [0.717, 1.165) is 40.9 Å². The molecule has 0 radical (unpaired) electrons. The summed E-state index contributed by atoms with van der Waals surface area (Å²) in [7, 11) is 1.67. The van der Waals surface area contributed by atoms with Gasteiger partial charge in [0.05, 0.1) is 12.8 Å². The normalized spacial score (nSPS) is 15.2. The number of thiazole rings is 1. The molecule has 2 heterocycles. The van der Waals surface area contributed by atoms with E-state index in [2.05, 4.69) is 20.7 Å². The highest BCUT2D eigenvalue weighted by Crippen LogP contribution is 2.26. The highest BCUT2D eigenvalue weighted by atomic mass is 32.1. The third-order valence-electron chi connectivity index (χ3n) is 3.52. The molecule has 1 aliphatic rings. The second kappa shape index (κ2) is 6.72. The van der Waals surface area contributed by atoms with Crippen molar-refractivity contribution in [2.24, 2.45) is 4.99 Å². The lowest BCUT2D eigenvalue weighted by Crippen LogP contribution is -2.11. The van der Waals surface area contributed by atoms with Crippen LogP contribution in [-0.4, -0.2) is 24.5 Å². The van der Waals surface area contributed by atoms with E-state index in [0.29, 0.717) is 0 Å². The second-order valence-electron chi connectivity index (χ2n) is 5.03. The Kier molecular flexibility index (Phi) is 4.50. The fourth-order valence-corrected chi connectivity index (χ4v) is 3.06. The minimum atomic E-state index is 0.861. The maximum Gasteiger partial charge on any atom is 0.188 e. The van der Waals surface area contributed by atoms with Crippen molar-refractivity contribution in [1.29, 1.82) is 0 Å². The standard InChI is InChI=1S/C16H19N3OS/c1-20-13-8-6-12(7-9-13)14-11-21-16(18-14)19-15-5-3-2-4-10-17-15/h6-9,11H,2-5,10H2,1H3,(H,17,18,19). The zero-order valence-electron chi connectivity index (χ0n) is 12.1. The van der Waals surface area contributed by atoms with Crippen molar-refractivity contribution in [3.05, 3.63) is 29.6 Å². The summed E-state index contributed by atoms with van der Waals surface area (Å²) in [5.74, 6) is 1.93. The maximum absolute atomic E-state index is 5.18. The number of ether oxygens (including phenoxy) is 1. The summed E-state index contributed by atoms with van der Waals surface area (Å²) in [4.78, 5) is 9.23. The van der Waals surface area contributed by atoms with E-state index >= 15 is 0 Å². The zero-order chi connectivity index (χ0) is 14.5. The van der Waals surface area contributed by atoms with Gasteiger partial charge in [0.15, 0.2) is 5.13 Å². The van der Waals surface area contributed by atoms with E-state index in [4.69, 9.17) is 4.74 Å². The van der Waals surface area contributed by atoms with Crippen molar-refractivity contribution in [3.8, 4) is 17.0 Å². The summed E-state index contributed by atoms with van der Waals surface area (Å²) in [6.07, 6.45) is 4.70. The summed E-state index contributed by atoms with van der Waals surface area (Å²) in [5.41, 5.74) is 2.09. The fraction of sp³-hybridized carbons (Fsp3) is 0.375. The monoisotopic (exact) mass is 301 g/mol. The third kappa shape index (κ3) is 3.61. The van der Waals surface area contributed by atoms with Crippen molar-refractivity contribution in [2.75, 3.05) is 19.0 Å². The van der Waals surface area contributed by atoms with Gasteiger partial charge in [0.2, 0.25) is 0 Å². The number of nitrogens with one attached hydrogen (secondary N) is 1. The molecule has 1 N–H and O–H groups in total. The topological polar surface area (TPSA) is 46.5 Å². The first-order chi connectivity index (χ1) is 10.3. The number of anilines is 1. The van der Waals surface area contributed by atoms with Gasteiger partial charge in [-0.25, -0.2) is 4.98 Å². The molecule has 5 heteroatoms. The van der Waals surface area contributed by atoms with Gasteiger partial charge >= 0.3 is 0 Å². The molecule has 0 amide bonds. The summed E-state index contributed by atoms with van der Waals surface area (Å²) < 4.78 is 5.18. The van der Waals surface area contributed by atoms with Crippen molar-refractivity contribution in [3.63, 3.8) is 0 Å². The predicted octanol–water partition coefficient (Wildman–Crippen LogP) is 4.20. The molecule has 3 rings (SSSR count). The van der Waals surface area contributed by atoms with Gasteiger partial charge < -0.3 is 10.1 Å². The van der Waals surface area contributed by atoms with Crippen LogP contribution >= 0.6 is 11.3 Å². The number of aromatic nitrogens is 1. The molecule has 110 valence electrons. The molecule has 0 atom stereocenters. The molecule has 21 heavy (non-hydrogen) atoms. The molecule has 0 spiro atoms. The third-order valence-corrected chi connectivity index (χ3v) is 4.27. The average molecular weight is 301 g/mol. The first kappa shape index (κ1) is 14.1. The summed E-state index contributed by atoms with van der Waals surface area (Å²) in [6.45, 7) is 0.930. The van der Waals surface area contributed by atoms with E-state index in [1.54, 1.807) is 18.4 Å². The SMILES string of the molecule is COc1ccc(-c2csc(NC3=NCCCCC3)n2)cc1. The fourth-order valence-electron chi connectivity index (χ4n) is 2.33. The Balaban J connectivity index is 1.71. The summed E-state index contributed by atoms with van der Waals surface area (Å²) >= 11 is 1.62. The molecule has 0 bridgehead atoms. The minimum Gasteiger partial charge on any atom is -0.497 e. The van der Waals surface area contributed by atoms with Crippen LogP contribution in [-0.2, 0) is 0 Å². The van der Waals surface area contributed by atoms with Crippen LogP contribution in [0.15, 0.2) is 34.6 Å². The van der Waals surface area contributed by atoms with Gasteiger partial charge in [-0.2, -0.15) is 0 Å². The van der Waals surface area contributed by atoms with E-state index in [-0.39, 0.29) is 0 Å². The Bertz CT molecular complexity index is 619. The Labute approximate surface area is 128 Å². The van der Waals surface area contributed by atoms with Gasteiger partial charge in [-0.1, -0.05) is 6.42 Å². The first-order valence-corrected chi connectivity index (χ1v) is 8.13. The van der Waals surface area contributed by atoms with Gasteiger partial charge in [-0.15, -0.1) is 11.3 Å². The van der Waals surface area contributed by atoms with Gasteiger partial charge in [-0.3, -0.25) is 4.99 Å². The number of hydrogen-bond donors (Lipinski definition) is 1. The van der Waals surface area contributed by atoms with Crippen molar-refractivity contribution in [2.45, 2.75) is 25.7 Å². The van der Waals surface area contributed by atoms with Gasteiger partial charge in [0.25, 0.3) is 0 Å². The number of hydrogen-bond acceptors (Lipinski definition) is 5. The molecule has 0 unspecified atom stereocenters. The van der Waals surface area contributed by atoms with E-state index in [1.165, 1.54) is 19.3 Å². The van der Waals surface area contributed by atoms with Gasteiger partial charge in [0.1, 0.15) is 11.6 Å². The predicted molar refractivity (Wildman–Crippen MR) is 88.5 cm³/mol. The molecule has 1 aromatic heterocycles. The molecule has 1 aliphatic heterocycles. The molecule has 0 fully saturated rings. The Morgan fingerprint density at radius 3 is 2.81 bits per heavy atom. The molecule has 0 saturated carbocycles. The molecule has 0 aliphatic carbocycles. The quantitative estimate of drug-likeness (QED) is 0.924. The number of benzene rings is 1. The van der Waals surface area contributed by atoms with Gasteiger partial charge in [-0.05, 0) is 37.1 Å². The van der Waals surface area contributed by atoms with Gasteiger partial charge in [0, 0.05) is 23.9 Å².